The van der Waals surface area contributed by atoms with Gasteiger partial charge in [-0.25, -0.2) is 0 Å². The lowest BCUT2D eigenvalue weighted by molar-refractivity contribution is -0.124. The second-order valence-corrected chi connectivity index (χ2v) is 10.1. The molecule has 144 valence electrons. The molecule has 2 aliphatic heterocycles. The van der Waals surface area contributed by atoms with Crippen molar-refractivity contribution < 1.29 is 4.79 Å². The molecule has 26 heavy (non-hydrogen) atoms. The summed E-state index contributed by atoms with van der Waals surface area (Å²) in [6.45, 7) is 5.93. The summed E-state index contributed by atoms with van der Waals surface area (Å²) in [5, 5.41) is 2.91. The maximum absolute atomic E-state index is 12.3. The fourth-order valence-corrected chi connectivity index (χ4v) is 4.68. The van der Waals surface area contributed by atoms with Crippen LogP contribution in [-0.4, -0.2) is 38.4 Å². The molecule has 1 N–H and O–H groups in total. The minimum atomic E-state index is -1.63. The molecule has 3 atom stereocenters. The highest BCUT2D eigenvalue weighted by Crippen LogP contribution is 2.39. The summed E-state index contributed by atoms with van der Waals surface area (Å²) in [5.74, 6) is 0.584. The molecule has 8 heteroatoms. The molecule has 0 aliphatic carbocycles. The van der Waals surface area contributed by atoms with E-state index in [-0.39, 0.29) is 23.3 Å². The number of likely N-dealkylation sites (tertiary alicyclic amines) is 1. The van der Waals surface area contributed by atoms with Gasteiger partial charge < -0.3 is 9.88 Å². The molecule has 5 nitrogen and oxygen atoms in total. The summed E-state index contributed by atoms with van der Waals surface area (Å²) in [6.07, 6.45) is 0.703. The van der Waals surface area contributed by atoms with Crippen LogP contribution in [0.4, 0.5) is 0 Å². The molecule has 0 radical (unpaired) electrons. The Bertz CT molecular complexity index is 729. The van der Waals surface area contributed by atoms with Crippen molar-refractivity contribution in [1.82, 2.24) is 14.8 Å². The van der Waals surface area contributed by atoms with Crippen molar-refractivity contribution in [2.24, 2.45) is 11.8 Å². The molecule has 3 heterocycles. The van der Waals surface area contributed by atoms with Gasteiger partial charge in [-0.2, -0.15) is 0 Å². The van der Waals surface area contributed by atoms with Crippen LogP contribution in [0.5, 0.6) is 0 Å². The van der Waals surface area contributed by atoms with Crippen LogP contribution in [0.1, 0.15) is 38.3 Å². The second-order valence-electron chi connectivity index (χ2n) is 7.76. The number of aromatic nitrogens is 1. The van der Waals surface area contributed by atoms with E-state index < -0.39 is 9.96 Å². The molecule has 2 aliphatic rings. The molecular weight excluding hydrogens is 397 g/mol. The molecule has 0 spiro atoms. The number of nitrogens with one attached hydrogen (secondary N) is 1. The van der Waals surface area contributed by atoms with Crippen molar-refractivity contribution in [1.29, 1.82) is 0 Å². The van der Waals surface area contributed by atoms with Crippen LogP contribution in [0.15, 0.2) is 23.0 Å². The molecule has 1 aromatic rings. The van der Waals surface area contributed by atoms with Gasteiger partial charge in [0.2, 0.25) is 9.70 Å². The fourth-order valence-electron chi connectivity index (χ4n) is 4.11. The third kappa shape index (κ3) is 4.38. The van der Waals surface area contributed by atoms with Crippen LogP contribution >= 0.6 is 34.8 Å². The predicted octanol–water partition coefficient (Wildman–Crippen LogP) is 3.13. The summed E-state index contributed by atoms with van der Waals surface area (Å²) < 4.78 is 0.229. The Hall–Kier alpha value is -0.750. The van der Waals surface area contributed by atoms with E-state index in [0.717, 1.165) is 12.1 Å². The van der Waals surface area contributed by atoms with Gasteiger partial charge in [0.1, 0.15) is 6.17 Å². The van der Waals surface area contributed by atoms with Crippen LogP contribution in [0, 0.1) is 11.8 Å². The molecule has 1 saturated heterocycles. The normalized spacial score (nSPS) is 24.2. The van der Waals surface area contributed by atoms with Crippen LogP contribution in [0.2, 0.25) is 0 Å². The Kier molecular flexibility index (Phi) is 5.92. The van der Waals surface area contributed by atoms with Gasteiger partial charge in [0.25, 0.3) is 5.56 Å². The van der Waals surface area contributed by atoms with Gasteiger partial charge in [0, 0.05) is 43.7 Å². The van der Waals surface area contributed by atoms with Gasteiger partial charge in [-0.15, -0.1) is 0 Å². The Morgan fingerprint density at radius 3 is 2.65 bits per heavy atom. The Balaban J connectivity index is 1.82. The fraction of sp³-hybridized carbons (Fsp3) is 0.667. The average molecular weight is 421 g/mol. The zero-order valence-corrected chi connectivity index (χ0v) is 17.2. The number of carbonyl (C=O) groups is 1. The van der Waals surface area contributed by atoms with Gasteiger partial charge in [-0.1, -0.05) is 54.7 Å². The van der Waals surface area contributed by atoms with Crippen LogP contribution in [-0.2, 0) is 11.3 Å². The summed E-state index contributed by atoms with van der Waals surface area (Å²) in [7, 11) is 0. The van der Waals surface area contributed by atoms with Gasteiger partial charge in [0.05, 0.1) is 0 Å². The molecule has 1 amide bonds. The third-order valence-corrected chi connectivity index (χ3v) is 5.69. The standard InChI is InChI=1S/C18H24Cl3N3O2/c1-11(2)6-15(25)22-17(18(19,20)21)23-8-12-7-13(10-23)14-4-3-5-16(26)24(14)9-12/h3-5,11-13,17H,6-10H2,1-2H3,(H,22,25)/t12-,13+,17?/m1/s1. The minimum Gasteiger partial charge on any atom is -0.337 e. The number of alkyl halides is 3. The van der Waals surface area contributed by atoms with E-state index in [1.54, 1.807) is 12.1 Å². The van der Waals surface area contributed by atoms with Crippen molar-refractivity contribution in [2.75, 3.05) is 13.1 Å². The first-order chi connectivity index (χ1) is 12.1. The first kappa shape index (κ1) is 20.0. The highest BCUT2D eigenvalue weighted by molar-refractivity contribution is 6.68. The Labute approximate surface area is 168 Å². The van der Waals surface area contributed by atoms with Crippen LogP contribution in [0.3, 0.4) is 0 Å². The van der Waals surface area contributed by atoms with E-state index in [9.17, 15) is 9.59 Å². The summed E-state index contributed by atoms with van der Waals surface area (Å²) >= 11 is 18.6. The predicted molar refractivity (Wildman–Crippen MR) is 105 cm³/mol. The number of fused-ring (bicyclic) bond motifs is 4. The smallest absolute Gasteiger partial charge is 0.250 e. The van der Waals surface area contributed by atoms with Crippen molar-refractivity contribution in [3.63, 3.8) is 0 Å². The number of hydrogen-bond donors (Lipinski definition) is 1. The number of carbonyl (C=O) groups excluding carboxylic acids is 1. The molecule has 1 unspecified atom stereocenters. The van der Waals surface area contributed by atoms with Crippen LogP contribution in [0.25, 0.3) is 0 Å². The van der Waals surface area contributed by atoms with Gasteiger partial charge in [-0.3, -0.25) is 14.5 Å². The van der Waals surface area contributed by atoms with E-state index in [1.165, 1.54) is 0 Å². The lowest BCUT2D eigenvalue weighted by Crippen LogP contribution is -2.60. The van der Waals surface area contributed by atoms with E-state index in [2.05, 4.69) is 5.32 Å². The number of rotatable bonds is 4. The largest absolute Gasteiger partial charge is 0.337 e. The molecule has 3 rings (SSSR count). The summed E-state index contributed by atoms with van der Waals surface area (Å²) in [6, 6.07) is 5.39. The van der Waals surface area contributed by atoms with Crippen molar-refractivity contribution >= 4 is 40.7 Å². The molecule has 1 aromatic heterocycles. The minimum absolute atomic E-state index is 0.0359. The maximum Gasteiger partial charge on any atom is 0.250 e. The quantitative estimate of drug-likeness (QED) is 0.761. The number of pyridine rings is 1. The number of hydrogen-bond acceptors (Lipinski definition) is 3. The number of nitrogens with zero attached hydrogens (tertiary/aromatic N) is 2. The van der Waals surface area contributed by atoms with Gasteiger partial charge >= 0.3 is 0 Å². The maximum atomic E-state index is 12.3. The monoisotopic (exact) mass is 419 g/mol. The number of piperidine rings is 1. The van der Waals surface area contributed by atoms with E-state index in [0.29, 0.717) is 32.0 Å². The van der Waals surface area contributed by atoms with Gasteiger partial charge in [0.15, 0.2) is 0 Å². The van der Waals surface area contributed by atoms with E-state index in [4.69, 9.17) is 34.8 Å². The zero-order valence-electron chi connectivity index (χ0n) is 14.9. The first-order valence-electron chi connectivity index (χ1n) is 8.95. The van der Waals surface area contributed by atoms with Crippen molar-refractivity contribution in [3.05, 3.63) is 34.2 Å². The first-order valence-corrected chi connectivity index (χ1v) is 10.1. The number of halogens is 3. The second kappa shape index (κ2) is 7.70. The summed E-state index contributed by atoms with van der Waals surface area (Å²) in [5.41, 5.74) is 1.06. The highest BCUT2D eigenvalue weighted by atomic mass is 35.6. The lowest BCUT2D eigenvalue weighted by Gasteiger charge is -2.47. The van der Waals surface area contributed by atoms with Crippen molar-refractivity contribution in [3.8, 4) is 0 Å². The molecular formula is C18H24Cl3N3O2. The number of amides is 1. The van der Waals surface area contributed by atoms with Crippen LogP contribution < -0.4 is 10.9 Å². The van der Waals surface area contributed by atoms with Crippen molar-refractivity contribution in [2.45, 2.75) is 49.1 Å². The summed E-state index contributed by atoms with van der Waals surface area (Å²) in [4.78, 5) is 26.5. The SMILES string of the molecule is CC(C)CC(=O)NC(N1C[C@H]2C[C@@H](C1)c1cccc(=O)n1C2)C(Cl)(Cl)Cl. The topological polar surface area (TPSA) is 54.3 Å². The molecule has 0 saturated carbocycles. The molecule has 2 bridgehead atoms. The van der Waals surface area contributed by atoms with E-state index in [1.807, 2.05) is 29.4 Å². The molecule has 0 aromatic carbocycles. The van der Waals surface area contributed by atoms with E-state index >= 15 is 0 Å². The Morgan fingerprint density at radius 1 is 1.27 bits per heavy atom. The lowest BCUT2D eigenvalue weighted by atomic mass is 9.83. The highest BCUT2D eigenvalue weighted by Gasteiger charge is 2.44. The molecule has 1 fully saturated rings. The Morgan fingerprint density at radius 2 is 2.00 bits per heavy atom. The third-order valence-electron chi connectivity index (χ3n) is 5.07. The zero-order chi connectivity index (χ0) is 19.1. The van der Waals surface area contributed by atoms with Gasteiger partial charge in [-0.05, 0) is 24.3 Å². The average Bonchev–Trinajstić information content (AvgIpc) is 2.52.